The average molecular weight is 350 g/mol. The molecule has 110 valence electrons. The van der Waals surface area contributed by atoms with Crippen molar-refractivity contribution in [3.05, 3.63) is 51.9 Å². The molecule has 1 aromatic carbocycles. The highest BCUT2D eigenvalue weighted by Gasteiger charge is 2.16. The van der Waals surface area contributed by atoms with Gasteiger partial charge in [0.15, 0.2) is 10.4 Å². The third-order valence-corrected chi connectivity index (χ3v) is 3.90. The van der Waals surface area contributed by atoms with Crippen LogP contribution in [-0.4, -0.2) is 18.6 Å². The molecule has 21 heavy (non-hydrogen) atoms. The first-order chi connectivity index (χ1) is 10.1. The molecule has 0 aliphatic carbocycles. The lowest BCUT2D eigenvalue weighted by Gasteiger charge is -2.13. The quantitative estimate of drug-likeness (QED) is 0.920. The van der Waals surface area contributed by atoms with Gasteiger partial charge < -0.3 is 14.5 Å². The Hall–Kier alpha value is -1.75. The molecule has 1 aliphatic heterocycles. The largest absolute Gasteiger partial charge is 0.493 e. The maximum atomic E-state index is 12.0. The van der Waals surface area contributed by atoms with E-state index in [2.05, 4.69) is 33.4 Å². The fourth-order valence-electron chi connectivity index (χ4n) is 2.50. The van der Waals surface area contributed by atoms with Crippen LogP contribution >= 0.6 is 15.9 Å². The van der Waals surface area contributed by atoms with Gasteiger partial charge in [-0.15, -0.1) is 0 Å². The van der Waals surface area contributed by atoms with E-state index in [1.807, 2.05) is 13.0 Å². The zero-order valence-corrected chi connectivity index (χ0v) is 13.3. The minimum absolute atomic E-state index is 0.0294. The fraction of sp³-hybridized carbons (Fsp3) is 0.312. The summed E-state index contributed by atoms with van der Waals surface area (Å²) in [7, 11) is 0. The molecule has 0 spiro atoms. The molecular formula is C16H16BrNO3. The van der Waals surface area contributed by atoms with Crippen LogP contribution in [0.15, 0.2) is 39.4 Å². The van der Waals surface area contributed by atoms with Gasteiger partial charge in [0.2, 0.25) is 0 Å². The van der Waals surface area contributed by atoms with Crippen LogP contribution in [0, 0.1) is 0 Å². The number of hydrogen-bond donors (Lipinski definition) is 1. The maximum absolute atomic E-state index is 12.0. The van der Waals surface area contributed by atoms with Crippen LogP contribution in [0.4, 0.5) is 0 Å². The number of furan rings is 1. The Balaban J connectivity index is 1.61. The van der Waals surface area contributed by atoms with E-state index in [-0.39, 0.29) is 11.9 Å². The third kappa shape index (κ3) is 3.29. The Bertz CT molecular complexity index is 665. The average Bonchev–Trinajstić information content (AvgIpc) is 3.06. The van der Waals surface area contributed by atoms with Gasteiger partial charge >= 0.3 is 0 Å². The van der Waals surface area contributed by atoms with Crippen LogP contribution in [-0.2, 0) is 12.8 Å². The Kier molecular flexibility index (Phi) is 4.01. The predicted octanol–water partition coefficient (Wildman–Crippen LogP) is 3.34. The fourth-order valence-corrected chi connectivity index (χ4v) is 2.81. The molecule has 0 saturated heterocycles. The standard InChI is InChI=1S/C16H16BrNO3/c1-10(18-16(19)14-4-5-15(17)21-14)8-11-2-3-13-12(9-11)6-7-20-13/h2-5,9-10H,6-8H2,1H3,(H,18,19). The van der Waals surface area contributed by atoms with Crippen LogP contribution in [0.2, 0.25) is 0 Å². The number of carbonyl (C=O) groups excluding carboxylic acids is 1. The number of fused-ring (bicyclic) bond motifs is 1. The summed E-state index contributed by atoms with van der Waals surface area (Å²) in [5.41, 5.74) is 2.45. The Labute approximate surface area is 131 Å². The Morgan fingerprint density at radius 2 is 2.24 bits per heavy atom. The van der Waals surface area contributed by atoms with Gasteiger partial charge in [-0.2, -0.15) is 0 Å². The molecule has 0 radical (unpaired) electrons. The highest BCUT2D eigenvalue weighted by molar-refractivity contribution is 9.10. The summed E-state index contributed by atoms with van der Waals surface area (Å²) >= 11 is 3.19. The first kappa shape index (κ1) is 14.2. The second-order valence-corrected chi connectivity index (χ2v) is 6.00. The molecule has 0 saturated carbocycles. The topological polar surface area (TPSA) is 51.5 Å². The first-order valence-corrected chi connectivity index (χ1v) is 7.72. The van der Waals surface area contributed by atoms with Gasteiger partial charge in [0, 0.05) is 12.5 Å². The first-order valence-electron chi connectivity index (χ1n) is 6.92. The lowest BCUT2D eigenvalue weighted by Crippen LogP contribution is -2.33. The summed E-state index contributed by atoms with van der Waals surface area (Å²) in [5, 5.41) is 2.94. The van der Waals surface area contributed by atoms with Gasteiger partial charge in [0.1, 0.15) is 5.75 Å². The van der Waals surface area contributed by atoms with E-state index in [1.54, 1.807) is 12.1 Å². The SMILES string of the molecule is CC(Cc1ccc2c(c1)CCO2)NC(=O)c1ccc(Br)o1. The minimum Gasteiger partial charge on any atom is -0.493 e. The molecule has 2 heterocycles. The zero-order chi connectivity index (χ0) is 14.8. The van der Waals surface area contributed by atoms with Crippen molar-refractivity contribution in [2.75, 3.05) is 6.61 Å². The van der Waals surface area contributed by atoms with Gasteiger partial charge in [-0.1, -0.05) is 12.1 Å². The number of rotatable bonds is 4. The van der Waals surface area contributed by atoms with E-state index in [4.69, 9.17) is 9.15 Å². The second-order valence-electron chi connectivity index (χ2n) is 5.22. The number of ether oxygens (including phenoxy) is 1. The molecule has 0 fully saturated rings. The molecule has 4 nitrogen and oxygen atoms in total. The maximum Gasteiger partial charge on any atom is 0.287 e. The van der Waals surface area contributed by atoms with Gasteiger partial charge in [-0.05, 0) is 58.6 Å². The molecule has 5 heteroatoms. The van der Waals surface area contributed by atoms with Gasteiger partial charge in [0.05, 0.1) is 6.61 Å². The van der Waals surface area contributed by atoms with E-state index in [1.165, 1.54) is 11.1 Å². The molecule has 2 aromatic rings. The molecule has 1 amide bonds. The molecular weight excluding hydrogens is 334 g/mol. The smallest absolute Gasteiger partial charge is 0.287 e. The van der Waals surface area contributed by atoms with Crippen molar-refractivity contribution >= 4 is 21.8 Å². The number of carbonyl (C=O) groups is 1. The van der Waals surface area contributed by atoms with E-state index in [9.17, 15) is 4.79 Å². The van der Waals surface area contributed by atoms with E-state index in [0.29, 0.717) is 10.4 Å². The second kappa shape index (κ2) is 5.93. The molecule has 3 rings (SSSR count). The molecule has 1 unspecified atom stereocenters. The van der Waals surface area contributed by atoms with Crippen molar-refractivity contribution in [2.45, 2.75) is 25.8 Å². The van der Waals surface area contributed by atoms with Crippen molar-refractivity contribution in [3.63, 3.8) is 0 Å². The number of benzene rings is 1. The highest BCUT2D eigenvalue weighted by Crippen LogP contribution is 2.26. The van der Waals surface area contributed by atoms with Crippen molar-refractivity contribution < 1.29 is 13.9 Å². The van der Waals surface area contributed by atoms with E-state index >= 15 is 0 Å². The van der Waals surface area contributed by atoms with Crippen LogP contribution in [0.25, 0.3) is 0 Å². The lowest BCUT2D eigenvalue weighted by atomic mass is 10.0. The number of amides is 1. The summed E-state index contributed by atoms with van der Waals surface area (Å²) in [6.45, 7) is 2.75. The van der Waals surface area contributed by atoms with Gasteiger partial charge in [-0.3, -0.25) is 4.79 Å². The minimum atomic E-state index is -0.197. The van der Waals surface area contributed by atoms with Crippen molar-refractivity contribution in [3.8, 4) is 5.75 Å². The number of hydrogen-bond acceptors (Lipinski definition) is 3. The summed E-state index contributed by atoms with van der Waals surface area (Å²) in [4.78, 5) is 12.0. The lowest BCUT2D eigenvalue weighted by molar-refractivity contribution is 0.0911. The van der Waals surface area contributed by atoms with Gasteiger partial charge in [-0.25, -0.2) is 0 Å². The molecule has 1 aromatic heterocycles. The van der Waals surface area contributed by atoms with E-state index < -0.39 is 0 Å². The van der Waals surface area contributed by atoms with Crippen molar-refractivity contribution in [2.24, 2.45) is 0 Å². The normalized spacial score (nSPS) is 14.4. The Morgan fingerprint density at radius 3 is 3.00 bits per heavy atom. The molecule has 0 bridgehead atoms. The summed E-state index contributed by atoms with van der Waals surface area (Å²) in [6, 6.07) is 9.61. The molecule has 1 aliphatic rings. The van der Waals surface area contributed by atoms with Crippen molar-refractivity contribution in [1.82, 2.24) is 5.32 Å². The van der Waals surface area contributed by atoms with Crippen LogP contribution in [0.1, 0.15) is 28.6 Å². The van der Waals surface area contributed by atoms with E-state index in [0.717, 1.165) is 25.2 Å². The zero-order valence-electron chi connectivity index (χ0n) is 11.7. The summed E-state index contributed by atoms with van der Waals surface area (Å²) in [5.74, 6) is 1.10. The number of nitrogens with one attached hydrogen (secondary N) is 1. The highest BCUT2D eigenvalue weighted by atomic mass is 79.9. The van der Waals surface area contributed by atoms with Gasteiger partial charge in [0.25, 0.3) is 5.91 Å². The third-order valence-electron chi connectivity index (χ3n) is 3.47. The van der Waals surface area contributed by atoms with Crippen LogP contribution in [0.3, 0.4) is 0 Å². The molecule has 1 atom stereocenters. The predicted molar refractivity (Wildman–Crippen MR) is 82.7 cm³/mol. The molecule has 1 N–H and O–H groups in total. The van der Waals surface area contributed by atoms with Crippen molar-refractivity contribution in [1.29, 1.82) is 0 Å². The monoisotopic (exact) mass is 349 g/mol. The number of halogens is 1. The summed E-state index contributed by atoms with van der Waals surface area (Å²) < 4.78 is 11.3. The van der Waals surface area contributed by atoms with Crippen LogP contribution < -0.4 is 10.1 Å². The Morgan fingerprint density at radius 1 is 1.38 bits per heavy atom. The summed E-state index contributed by atoms with van der Waals surface area (Å²) in [6.07, 6.45) is 1.74. The van der Waals surface area contributed by atoms with Crippen LogP contribution in [0.5, 0.6) is 5.75 Å².